The third-order valence-electron chi connectivity index (χ3n) is 1.14. The second-order valence-corrected chi connectivity index (χ2v) is 2.56. The molecular formula is C8H5Cl2. The first kappa shape index (κ1) is 7.64. The summed E-state index contributed by atoms with van der Waals surface area (Å²) in [6.07, 6.45) is 2.67. The third kappa shape index (κ3) is 1.34. The molecule has 1 aromatic carbocycles. The molecule has 0 aliphatic carbocycles. The van der Waals surface area contributed by atoms with Gasteiger partial charge in [-0.3, -0.25) is 0 Å². The van der Waals surface area contributed by atoms with Gasteiger partial charge in [0.05, 0.1) is 10.0 Å². The van der Waals surface area contributed by atoms with Gasteiger partial charge in [0, 0.05) is 5.56 Å². The van der Waals surface area contributed by atoms with Crippen molar-refractivity contribution >= 4 is 23.2 Å². The van der Waals surface area contributed by atoms with Crippen LogP contribution in [0.25, 0.3) is 0 Å². The summed E-state index contributed by atoms with van der Waals surface area (Å²) in [5, 5.41) is 1.05. The van der Waals surface area contributed by atoms with E-state index in [2.05, 4.69) is 12.7 Å². The highest BCUT2D eigenvalue weighted by molar-refractivity contribution is 6.42. The lowest BCUT2D eigenvalue weighted by atomic mass is 10.2. The van der Waals surface area contributed by atoms with Crippen molar-refractivity contribution in [2.45, 2.75) is 0 Å². The Kier molecular flexibility index (Phi) is 2.36. The minimum Gasteiger partial charge on any atom is -0.0905 e. The molecule has 0 heterocycles. The number of halogens is 2. The van der Waals surface area contributed by atoms with Crippen molar-refractivity contribution in [3.05, 3.63) is 46.5 Å². The molecule has 51 valence electrons. The fourth-order valence-corrected chi connectivity index (χ4v) is 1.01. The summed E-state index contributed by atoms with van der Waals surface area (Å²) in [6.45, 7) is 3.46. The van der Waals surface area contributed by atoms with Gasteiger partial charge in [-0.1, -0.05) is 41.9 Å². The molecule has 0 aliphatic rings. The van der Waals surface area contributed by atoms with Crippen LogP contribution in [0, 0.1) is 6.08 Å². The van der Waals surface area contributed by atoms with Crippen LogP contribution in [0.4, 0.5) is 0 Å². The molecule has 0 unspecified atom stereocenters. The molecule has 0 aromatic heterocycles. The van der Waals surface area contributed by atoms with E-state index in [0.29, 0.717) is 10.0 Å². The molecule has 0 spiro atoms. The Morgan fingerprint density at radius 3 is 2.50 bits per heavy atom. The van der Waals surface area contributed by atoms with Crippen LogP contribution < -0.4 is 0 Å². The van der Waals surface area contributed by atoms with Gasteiger partial charge in [-0.25, -0.2) is 0 Å². The number of rotatable bonds is 1. The Morgan fingerprint density at radius 1 is 1.30 bits per heavy atom. The van der Waals surface area contributed by atoms with Crippen molar-refractivity contribution < 1.29 is 0 Å². The van der Waals surface area contributed by atoms with Crippen LogP contribution in [0.2, 0.25) is 10.0 Å². The van der Waals surface area contributed by atoms with E-state index in [1.807, 2.05) is 6.07 Å². The van der Waals surface area contributed by atoms with E-state index in [1.165, 1.54) is 0 Å². The van der Waals surface area contributed by atoms with Crippen molar-refractivity contribution in [3.8, 4) is 0 Å². The lowest BCUT2D eigenvalue weighted by Gasteiger charge is -1.97. The van der Waals surface area contributed by atoms with Crippen LogP contribution >= 0.6 is 23.2 Å². The smallest absolute Gasteiger partial charge is 0.0670 e. The molecule has 2 heteroatoms. The lowest BCUT2D eigenvalue weighted by molar-refractivity contribution is 1.58. The molecule has 0 amide bonds. The van der Waals surface area contributed by atoms with E-state index in [4.69, 9.17) is 23.2 Å². The van der Waals surface area contributed by atoms with Crippen LogP contribution in [0.5, 0.6) is 0 Å². The summed E-state index contributed by atoms with van der Waals surface area (Å²) < 4.78 is 0. The minimum absolute atomic E-state index is 0.513. The number of hydrogen-bond donors (Lipinski definition) is 0. The van der Waals surface area contributed by atoms with Gasteiger partial charge in [-0.05, 0) is 12.1 Å². The quantitative estimate of drug-likeness (QED) is 0.609. The molecule has 0 saturated heterocycles. The third-order valence-corrected chi connectivity index (χ3v) is 1.96. The molecule has 0 nitrogen and oxygen atoms in total. The first-order valence-electron chi connectivity index (χ1n) is 2.73. The van der Waals surface area contributed by atoms with E-state index in [-0.39, 0.29) is 0 Å². The SMILES string of the molecule is C=[C]c1cccc(Cl)c1Cl. The first-order valence-corrected chi connectivity index (χ1v) is 3.48. The summed E-state index contributed by atoms with van der Waals surface area (Å²) in [4.78, 5) is 0. The largest absolute Gasteiger partial charge is 0.0905 e. The molecule has 0 bridgehead atoms. The molecule has 0 atom stereocenters. The fraction of sp³-hybridized carbons (Fsp3) is 0. The molecule has 1 aromatic rings. The average Bonchev–Trinajstić information content (AvgIpc) is 1.95. The van der Waals surface area contributed by atoms with E-state index >= 15 is 0 Å². The van der Waals surface area contributed by atoms with Crippen LogP contribution in [-0.4, -0.2) is 0 Å². The maximum absolute atomic E-state index is 5.76. The van der Waals surface area contributed by atoms with Gasteiger partial charge in [0.15, 0.2) is 0 Å². The van der Waals surface area contributed by atoms with Gasteiger partial charge < -0.3 is 0 Å². The summed E-state index contributed by atoms with van der Waals surface area (Å²) in [5.41, 5.74) is 0.745. The van der Waals surface area contributed by atoms with Crippen LogP contribution in [0.3, 0.4) is 0 Å². The van der Waals surface area contributed by atoms with E-state index in [9.17, 15) is 0 Å². The molecule has 0 N–H and O–H groups in total. The average molecular weight is 172 g/mol. The van der Waals surface area contributed by atoms with Gasteiger partial charge in [-0.15, -0.1) is 0 Å². The zero-order valence-corrected chi connectivity index (χ0v) is 6.71. The molecule has 1 radical (unpaired) electrons. The number of hydrogen-bond acceptors (Lipinski definition) is 0. The highest BCUT2D eigenvalue weighted by Gasteiger charge is 1.98. The zero-order chi connectivity index (χ0) is 7.56. The summed E-state index contributed by atoms with van der Waals surface area (Å²) in [5.74, 6) is 0. The van der Waals surface area contributed by atoms with Crippen LogP contribution in [0.1, 0.15) is 5.56 Å². The normalized spacial score (nSPS) is 9.40. The second kappa shape index (κ2) is 3.09. The molecule has 0 fully saturated rings. The highest BCUT2D eigenvalue weighted by atomic mass is 35.5. The van der Waals surface area contributed by atoms with Crippen molar-refractivity contribution in [2.24, 2.45) is 0 Å². The van der Waals surface area contributed by atoms with E-state index < -0.39 is 0 Å². The molecule has 0 saturated carbocycles. The fourth-order valence-electron chi connectivity index (χ4n) is 0.640. The highest BCUT2D eigenvalue weighted by Crippen LogP contribution is 2.24. The lowest BCUT2D eigenvalue weighted by Crippen LogP contribution is -1.75. The van der Waals surface area contributed by atoms with Crippen molar-refractivity contribution in [1.29, 1.82) is 0 Å². The summed E-state index contributed by atoms with van der Waals surface area (Å²) in [6, 6.07) is 5.34. The summed E-state index contributed by atoms with van der Waals surface area (Å²) in [7, 11) is 0. The Hall–Kier alpha value is -0.460. The molecular weight excluding hydrogens is 167 g/mol. The molecule has 0 aliphatic heterocycles. The summed E-state index contributed by atoms with van der Waals surface area (Å²) >= 11 is 11.5. The number of benzene rings is 1. The van der Waals surface area contributed by atoms with Crippen molar-refractivity contribution in [3.63, 3.8) is 0 Å². The van der Waals surface area contributed by atoms with Gasteiger partial charge in [0.1, 0.15) is 0 Å². The Bertz CT molecular complexity index is 253. The van der Waals surface area contributed by atoms with Crippen molar-refractivity contribution in [2.75, 3.05) is 0 Å². The van der Waals surface area contributed by atoms with Gasteiger partial charge >= 0.3 is 0 Å². The van der Waals surface area contributed by atoms with Gasteiger partial charge in [0.2, 0.25) is 0 Å². The predicted molar refractivity (Wildman–Crippen MR) is 44.4 cm³/mol. The van der Waals surface area contributed by atoms with Crippen LogP contribution in [-0.2, 0) is 0 Å². The standard InChI is InChI=1S/C8H5Cl2/c1-2-6-4-3-5-7(9)8(6)10/h3-5H,1H2. The maximum atomic E-state index is 5.76. The Labute approximate surface area is 70.1 Å². The van der Waals surface area contributed by atoms with E-state index in [0.717, 1.165) is 5.56 Å². The van der Waals surface area contributed by atoms with Crippen LogP contribution in [0.15, 0.2) is 24.8 Å². The zero-order valence-electron chi connectivity index (χ0n) is 5.20. The second-order valence-electron chi connectivity index (χ2n) is 1.78. The Balaban J connectivity index is 3.27. The predicted octanol–water partition coefficient (Wildman–Crippen LogP) is 3.33. The first-order chi connectivity index (χ1) is 4.75. The molecule has 1 rings (SSSR count). The van der Waals surface area contributed by atoms with Gasteiger partial charge in [0.25, 0.3) is 0 Å². The van der Waals surface area contributed by atoms with Crippen molar-refractivity contribution in [1.82, 2.24) is 0 Å². The van der Waals surface area contributed by atoms with Gasteiger partial charge in [-0.2, -0.15) is 0 Å². The maximum Gasteiger partial charge on any atom is 0.0670 e. The topological polar surface area (TPSA) is 0 Å². The van der Waals surface area contributed by atoms with E-state index in [1.54, 1.807) is 12.1 Å². The monoisotopic (exact) mass is 171 g/mol. The molecule has 10 heavy (non-hydrogen) atoms. The minimum atomic E-state index is 0.513. The Morgan fingerprint density at radius 2 is 2.00 bits per heavy atom.